The van der Waals surface area contributed by atoms with Crippen LogP contribution in [0, 0.1) is 11.8 Å². The molecule has 136 valence electrons. The Kier molecular flexibility index (Phi) is 6.08. The predicted octanol–water partition coefficient (Wildman–Crippen LogP) is 1.88. The van der Waals surface area contributed by atoms with Gasteiger partial charge >= 0.3 is 0 Å². The van der Waals surface area contributed by atoms with Crippen LogP contribution >= 0.6 is 0 Å². The zero-order chi connectivity index (χ0) is 17.6. The summed E-state index contributed by atoms with van der Waals surface area (Å²) in [5.41, 5.74) is 1.31. The van der Waals surface area contributed by atoms with E-state index in [4.69, 9.17) is 0 Å². The quantitative estimate of drug-likeness (QED) is 0.822. The molecule has 1 aliphatic carbocycles. The van der Waals surface area contributed by atoms with Crippen LogP contribution in [0.15, 0.2) is 30.3 Å². The Labute approximate surface area is 150 Å². The first-order chi connectivity index (χ1) is 12.1. The summed E-state index contributed by atoms with van der Waals surface area (Å²) >= 11 is 0. The Bertz CT molecular complexity index is 578. The normalized spacial score (nSPS) is 19.5. The summed E-state index contributed by atoms with van der Waals surface area (Å²) in [6, 6.07) is 10.4. The third-order valence-corrected chi connectivity index (χ3v) is 5.35. The van der Waals surface area contributed by atoms with Gasteiger partial charge in [-0.3, -0.25) is 14.5 Å². The first-order valence-corrected chi connectivity index (χ1v) is 9.45. The largest absolute Gasteiger partial charge is 0.355 e. The lowest BCUT2D eigenvalue weighted by atomic mass is 10.1. The van der Waals surface area contributed by atoms with Crippen molar-refractivity contribution in [2.75, 3.05) is 32.7 Å². The fourth-order valence-corrected chi connectivity index (χ4v) is 3.42. The summed E-state index contributed by atoms with van der Waals surface area (Å²) in [5, 5.41) is 2.92. The number of nitrogens with zero attached hydrogens (tertiary/aromatic N) is 2. The van der Waals surface area contributed by atoms with Gasteiger partial charge in [0, 0.05) is 51.6 Å². The first kappa shape index (κ1) is 17.9. The zero-order valence-corrected chi connectivity index (χ0v) is 15.1. The van der Waals surface area contributed by atoms with Crippen molar-refractivity contribution in [1.82, 2.24) is 15.1 Å². The van der Waals surface area contributed by atoms with Crippen molar-refractivity contribution in [3.05, 3.63) is 35.9 Å². The molecule has 5 nitrogen and oxygen atoms in total. The highest BCUT2D eigenvalue weighted by Gasteiger charge is 2.32. The lowest BCUT2D eigenvalue weighted by Gasteiger charge is -2.34. The minimum Gasteiger partial charge on any atom is -0.355 e. The second kappa shape index (κ2) is 8.48. The van der Waals surface area contributed by atoms with E-state index in [-0.39, 0.29) is 17.7 Å². The maximum absolute atomic E-state index is 12.3. The lowest BCUT2D eigenvalue weighted by Crippen LogP contribution is -2.48. The number of carbonyl (C=O) groups is 2. The highest BCUT2D eigenvalue weighted by atomic mass is 16.2. The molecular weight excluding hydrogens is 314 g/mol. The Balaban J connectivity index is 1.33. The van der Waals surface area contributed by atoms with Crippen molar-refractivity contribution in [2.45, 2.75) is 32.7 Å². The molecule has 1 saturated heterocycles. The maximum atomic E-state index is 12.3. The van der Waals surface area contributed by atoms with Gasteiger partial charge < -0.3 is 10.2 Å². The molecule has 0 spiro atoms. The van der Waals surface area contributed by atoms with E-state index < -0.39 is 0 Å². The molecular formula is C20H29N3O2. The summed E-state index contributed by atoms with van der Waals surface area (Å²) in [7, 11) is 0. The molecule has 1 aromatic carbocycles. The molecule has 1 aromatic rings. The van der Waals surface area contributed by atoms with Crippen LogP contribution in [0.3, 0.4) is 0 Å². The molecule has 1 atom stereocenters. The van der Waals surface area contributed by atoms with Gasteiger partial charge in [0.25, 0.3) is 0 Å². The maximum Gasteiger partial charge on any atom is 0.224 e. The fourth-order valence-electron chi connectivity index (χ4n) is 3.42. The highest BCUT2D eigenvalue weighted by molar-refractivity contribution is 5.80. The smallest absolute Gasteiger partial charge is 0.224 e. The molecule has 1 unspecified atom stereocenters. The highest BCUT2D eigenvalue weighted by Crippen LogP contribution is 2.36. The van der Waals surface area contributed by atoms with Gasteiger partial charge in [-0.05, 0) is 24.3 Å². The van der Waals surface area contributed by atoms with Gasteiger partial charge in [0.2, 0.25) is 11.8 Å². The molecule has 2 amide bonds. The van der Waals surface area contributed by atoms with Crippen molar-refractivity contribution in [3.8, 4) is 0 Å². The van der Waals surface area contributed by atoms with Crippen molar-refractivity contribution < 1.29 is 9.59 Å². The Hall–Kier alpha value is -1.88. The Morgan fingerprint density at radius 1 is 1.12 bits per heavy atom. The van der Waals surface area contributed by atoms with Crippen LogP contribution in [-0.4, -0.2) is 54.3 Å². The molecule has 1 N–H and O–H groups in total. The molecule has 1 aliphatic heterocycles. The average Bonchev–Trinajstić information content (AvgIpc) is 3.47. The molecule has 3 rings (SSSR count). The Morgan fingerprint density at radius 2 is 1.80 bits per heavy atom. The number of hydrogen-bond acceptors (Lipinski definition) is 3. The second-order valence-electron chi connectivity index (χ2n) is 7.31. The number of carbonyl (C=O) groups excluding carboxylic acids is 2. The van der Waals surface area contributed by atoms with Gasteiger partial charge in [0.1, 0.15) is 0 Å². The standard InChI is InChI=1S/C20H29N3O2/c1-16(18-7-8-18)20(25)21-10-9-19(24)23-13-11-22(12-14-23)15-17-5-3-2-4-6-17/h2-6,16,18H,7-15H2,1H3,(H,21,25). The summed E-state index contributed by atoms with van der Waals surface area (Å²) in [4.78, 5) is 28.6. The summed E-state index contributed by atoms with van der Waals surface area (Å²) in [6.45, 7) is 6.76. The van der Waals surface area contributed by atoms with E-state index in [1.54, 1.807) is 0 Å². The van der Waals surface area contributed by atoms with Gasteiger partial charge in [-0.1, -0.05) is 37.3 Å². The second-order valence-corrected chi connectivity index (χ2v) is 7.31. The van der Waals surface area contributed by atoms with Crippen molar-refractivity contribution in [3.63, 3.8) is 0 Å². The zero-order valence-electron chi connectivity index (χ0n) is 15.1. The van der Waals surface area contributed by atoms with Crippen LogP contribution in [-0.2, 0) is 16.1 Å². The van der Waals surface area contributed by atoms with Gasteiger partial charge in [-0.2, -0.15) is 0 Å². The van der Waals surface area contributed by atoms with Crippen molar-refractivity contribution in [2.24, 2.45) is 11.8 Å². The molecule has 2 aliphatic rings. The van der Waals surface area contributed by atoms with Crippen LogP contribution in [0.4, 0.5) is 0 Å². The molecule has 0 bridgehead atoms. The molecule has 1 saturated carbocycles. The Morgan fingerprint density at radius 3 is 2.44 bits per heavy atom. The topological polar surface area (TPSA) is 52.7 Å². The van der Waals surface area contributed by atoms with Crippen LogP contribution in [0.25, 0.3) is 0 Å². The summed E-state index contributed by atoms with van der Waals surface area (Å²) in [6.07, 6.45) is 2.74. The number of nitrogens with one attached hydrogen (secondary N) is 1. The number of amides is 2. The van der Waals surface area contributed by atoms with Crippen LogP contribution in [0.5, 0.6) is 0 Å². The SMILES string of the molecule is CC(C(=O)NCCC(=O)N1CCN(Cc2ccccc2)CC1)C1CC1. The van der Waals surface area contributed by atoms with Crippen LogP contribution in [0.2, 0.25) is 0 Å². The van der Waals surface area contributed by atoms with Gasteiger partial charge in [0.05, 0.1) is 0 Å². The molecule has 25 heavy (non-hydrogen) atoms. The van der Waals surface area contributed by atoms with Gasteiger partial charge in [-0.25, -0.2) is 0 Å². The van der Waals surface area contributed by atoms with Crippen LogP contribution < -0.4 is 5.32 Å². The van der Waals surface area contributed by atoms with E-state index >= 15 is 0 Å². The summed E-state index contributed by atoms with van der Waals surface area (Å²) < 4.78 is 0. The third kappa shape index (κ3) is 5.30. The average molecular weight is 343 g/mol. The van der Waals surface area contributed by atoms with Gasteiger partial charge in [-0.15, -0.1) is 0 Å². The van der Waals surface area contributed by atoms with Crippen LogP contribution in [0.1, 0.15) is 31.7 Å². The minimum atomic E-state index is 0.0941. The molecule has 5 heteroatoms. The number of rotatable bonds is 7. The first-order valence-electron chi connectivity index (χ1n) is 9.45. The number of hydrogen-bond donors (Lipinski definition) is 1. The molecule has 1 heterocycles. The molecule has 2 fully saturated rings. The monoisotopic (exact) mass is 343 g/mol. The van der Waals surface area contributed by atoms with E-state index in [1.165, 1.54) is 18.4 Å². The van der Waals surface area contributed by atoms with E-state index in [1.807, 2.05) is 17.9 Å². The fraction of sp³-hybridized carbons (Fsp3) is 0.600. The van der Waals surface area contributed by atoms with E-state index in [2.05, 4.69) is 34.5 Å². The predicted molar refractivity (Wildman–Crippen MR) is 97.8 cm³/mol. The molecule has 0 radical (unpaired) electrons. The van der Waals surface area contributed by atoms with E-state index in [0.29, 0.717) is 18.9 Å². The van der Waals surface area contributed by atoms with E-state index in [9.17, 15) is 9.59 Å². The molecule has 0 aromatic heterocycles. The minimum absolute atomic E-state index is 0.0941. The van der Waals surface area contributed by atoms with Crippen molar-refractivity contribution >= 4 is 11.8 Å². The third-order valence-electron chi connectivity index (χ3n) is 5.35. The number of piperazine rings is 1. The lowest BCUT2D eigenvalue weighted by molar-refractivity contribution is -0.133. The number of benzene rings is 1. The van der Waals surface area contributed by atoms with Crippen molar-refractivity contribution in [1.29, 1.82) is 0 Å². The van der Waals surface area contributed by atoms with E-state index in [0.717, 1.165) is 32.7 Å². The summed E-state index contributed by atoms with van der Waals surface area (Å²) in [5.74, 6) is 0.909. The van der Waals surface area contributed by atoms with Gasteiger partial charge in [0.15, 0.2) is 0 Å².